The van der Waals surface area contributed by atoms with Crippen molar-refractivity contribution in [3.8, 4) is 21.4 Å². The van der Waals surface area contributed by atoms with Crippen LogP contribution in [0.5, 0.6) is 10.9 Å². The van der Waals surface area contributed by atoms with Crippen LogP contribution in [0.1, 0.15) is 89.2 Å². The van der Waals surface area contributed by atoms with Crippen molar-refractivity contribution in [1.29, 1.82) is 0 Å². The maximum Gasteiger partial charge on any atom is 0.273 e. The number of nitrogens with zero attached hydrogens (tertiary/aromatic N) is 2. The molecular weight excluding hydrogens is 609 g/mol. The molecule has 250 valence electrons. The monoisotopic (exact) mass is 662 g/mol. The molecule has 0 spiro atoms. The summed E-state index contributed by atoms with van der Waals surface area (Å²) in [7, 11) is 1.55. The first kappa shape index (κ1) is 34.6. The molecule has 0 bridgehead atoms. The van der Waals surface area contributed by atoms with Crippen molar-refractivity contribution in [1.82, 2.24) is 4.98 Å². The highest BCUT2D eigenvalue weighted by Crippen LogP contribution is 2.42. The summed E-state index contributed by atoms with van der Waals surface area (Å²) in [4.78, 5) is 22.0. The Balaban J connectivity index is 1.31. The molecule has 2 aliphatic carbocycles. The van der Waals surface area contributed by atoms with E-state index in [1.54, 1.807) is 14.2 Å². The largest absolute Gasteiger partial charge is 0.496 e. The standard InChI is InChI=1S/C38H54N2O4SSi/c1-26-22-30(18-21-34(26)42-5)28-14-12-27(13-15-28)25-40(32-11-9-10-31(23-32)35-24-39-37(43-6)45-35)36(41)29-16-19-33(20-17-29)44-46(7,8)38(2,3)4/h9-11,18,21-24,27-29,33H,12-17,19-20,25H2,1-8H3/t27-,28-,29-,33-. The van der Waals surface area contributed by atoms with E-state index in [2.05, 4.69) is 93.1 Å². The number of amides is 1. The summed E-state index contributed by atoms with van der Waals surface area (Å²) in [6.07, 6.45) is 10.4. The quantitative estimate of drug-likeness (QED) is 0.202. The molecular formula is C38H54N2O4SSi. The molecule has 2 fully saturated rings. The highest BCUT2D eigenvalue weighted by Gasteiger charge is 2.41. The van der Waals surface area contributed by atoms with E-state index in [4.69, 9.17) is 13.9 Å². The van der Waals surface area contributed by atoms with Gasteiger partial charge in [0.15, 0.2) is 8.32 Å². The maximum atomic E-state index is 14.5. The van der Waals surface area contributed by atoms with Gasteiger partial charge in [0.2, 0.25) is 5.91 Å². The van der Waals surface area contributed by atoms with Gasteiger partial charge in [0, 0.05) is 30.5 Å². The number of carbonyl (C=O) groups excluding carboxylic acids is 1. The zero-order chi connectivity index (χ0) is 33.1. The summed E-state index contributed by atoms with van der Waals surface area (Å²) in [6.45, 7) is 14.5. The number of ether oxygens (including phenoxy) is 2. The Kier molecular flexibility index (Phi) is 11.0. The molecule has 3 aromatic rings. The lowest BCUT2D eigenvalue weighted by Gasteiger charge is -2.41. The Bertz CT molecular complexity index is 1470. The number of aryl methyl sites for hydroxylation is 1. The molecule has 6 nitrogen and oxygen atoms in total. The van der Waals surface area contributed by atoms with Gasteiger partial charge in [0.25, 0.3) is 5.19 Å². The van der Waals surface area contributed by atoms with E-state index in [1.165, 1.54) is 22.5 Å². The van der Waals surface area contributed by atoms with E-state index in [-0.39, 0.29) is 23.0 Å². The Morgan fingerprint density at radius 1 is 0.957 bits per heavy atom. The number of rotatable bonds is 10. The van der Waals surface area contributed by atoms with Crippen LogP contribution in [0, 0.1) is 18.8 Å². The maximum absolute atomic E-state index is 14.5. The molecule has 0 N–H and O–H groups in total. The lowest BCUT2D eigenvalue weighted by Crippen LogP contribution is -2.46. The molecule has 0 atom stereocenters. The SMILES string of the molecule is COc1ncc(-c2cccc(N(C[C@H]3CC[C@H](c4ccc(OC)c(C)c4)CC3)C(=O)[C@H]3CC[C@H](O[Si](C)(C)C(C)(C)C)CC3)c2)s1. The van der Waals surface area contributed by atoms with Crippen molar-refractivity contribution in [3.63, 3.8) is 0 Å². The van der Waals surface area contributed by atoms with Crippen LogP contribution >= 0.6 is 11.3 Å². The first-order chi connectivity index (χ1) is 21.9. The van der Waals surface area contributed by atoms with E-state index >= 15 is 0 Å². The molecule has 2 aliphatic rings. The Labute approximate surface area is 282 Å². The predicted molar refractivity (Wildman–Crippen MR) is 193 cm³/mol. The van der Waals surface area contributed by atoms with E-state index in [9.17, 15) is 4.79 Å². The first-order valence-electron chi connectivity index (χ1n) is 17.1. The molecule has 2 aromatic carbocycles. The minimum atomic E-state index is -1.84. The number of hydrogen-bond donors (Lipinski definition) is 0. The van der Waals surface area contributed by atoms with Crippen LogP contribution < -0.4 is 14.4 Å². The van der Waals surface area contributed by atoms with Gasteiger partial charge in [-0.2, -0.15) is 0 Å². The normalized spacial score (nSPS) is 22.3. The minimum absolute atomic E-state index is 0.0324. The first-order valence-corrected chi connectivity index (χ1v) is 20.8. The third-order valence-electron chi connectivity index (χ3n) is 10.8. The third kappa shape index (κ3) is 8.05. The van der Waals surface area contributed by atoms with Crippen molar-refractivity contribution in [2.45, 2.75) is 109 Å². The van der Waals surface area contributed by atoms with Crippen LogP contribution in [0.2, 0.25) is 18.1 Å². The van der Waals surface area contributed by atoms with Crippen LogP contribution in [0.4, 0.5) is 5.69 Å². The summed E-state index contributed by atoms with van der Waals surface area (Å²) in [5, 5.41) is 0.836. The molecule has 5 rings (SSSR count). The van der Waals surface area contributed by atoms with Crippen LogP contribution in [0.25, 0.3) is 10.4 Å². The van der Waals surface area contributed by atoms with Crippen molar-refractivity contribution < 1.29 is 18.7 Å². The highest BCUT2D eigenvalue weighted by molar-refractivity contribution is 7.16. The van der Waals surface area contributed by atoms with Gasteiger partial charge >= 0.3 is 0 Å². The second-order valence-corrected chi connectivity index (χ2v) is 20.7. The van der Waals surface area contributed by atoms with Gasteiger partial charge in [-0.05, 0) is 123 Å². The van der Waals surface area contributed by atoms with Gasteiger partial charge in [-0.3, -0.25) is 4.79 Å². The molecule has 2 saturated carbocycles. The van der Waals surface area contributed by atoms with Gasteiger partial charge in [-0.15, -0.1) is 0 Å². The van der Waals surface area contributed by atoms with Gasteiger partial charge in [0.1, 0.15) is 5.75 Å². The zero-order valence-corrected chi connectivity index (χ0v) is 31.0. The number of carbonyl (C=O) groups is 1. The second kappa shape index (κ2) is 14.6. The topological polar surface area (TPSA) is 60.9 Å². The molecule has 46 heavy (non-hydrogen) atoms. The van der Waals surface area contributed by atoms with Crippen LogP contribution in [0.3, 0.4) is 0 Å². The van der Waals surface area contributed by atoms with Gasteiger partial charge in [-0.1, -0.05) is 56.4 Å². The molecule has 1 heterocycles. The number of benzene rings is 2. The third-order valence-corrected chi connectivity index (χ3v) is 16.4. The smallest absolute Gasteiger partial charge is 0.273 e. The van der Waals surface area contributed by atoms with E-state index in [0.29, 0.717) is 17.0 Å². The molecule has 0 radical (unpaired) electrons. The molecule has 1 aromatic heterocycles. The molecule has 0 saturated heterocycles. The van der Waals surface area contributed by atoms with Crippen molar-refractivity contribution in [2.24, 2.45) is 11.8 Å². The molecule has 0 unspecified atom stereocenters. The van der Waals surface area contributed by atoms with Crippen LogP contribution in [0.15, 0.2) is 48.7 Å². The van der Waals surface area contributed by atoms with Crippen molar-refractivity contribution >= 4 is 31.2 Å². The summed E-state index contributed by atoms with van der Waals surface area (Å²) in [6, 6.07) is 15.1. The van der Waals surface area contributed by atoms with E-state index in [1.807, 2.05) is 6.20 Å². The van der Waals surface area contributed by atoms with Gasteiger partial charge in [0.05, 0.1) is 19.1 Å². The average Bonchev–Trinajstić information content (AvgIpc) is 3.53. The Morgan fingerprint density at radius 3 is 2.28 bits per heavy atom. The zero-order valence-electron chi connectivity index (χ0n) is 29.2. The Morgan fingerprint density at radius 2 is 1.67 bits per heavy atom. The fourth-order valence-corrected chi connectivity index (χ4v) is 9.12. The number of thiazole rings is 1. The van der Waals surface area contributed by atoms with Gasteiger partial charge < -0.3 is 18.8 Å². The van der Waals surface area contributed by atoms with Crippen LogP contribution in [-0.2, 0) is 9.22 Å². The van der Waals surface area contributed by atoms with E-state index in [0.717, 1.165) is 79.8 Å². The summed E-state index contributed by atoms with van der Waals surface area (Å²) < 4.78 is 17.6. The summed E-state index contributed by atoms with van der Waals surface area (Å²) >= 11 is 1.53. The molecule has 8 heteroatoms. The van der Waals surface area contributed by atoms with Crippen LogP contribution in [-0.4, -0.2) is 46.1 Å². The van der Waals surface area contributed by atoms with Crippen molar-refractivity contribution in [3.05, 3.63) is 59.8 Å². The van der Waals surface area contributed by atoms with Crippen molar-refractivity contribution in [2.75, 3.05) is 25.7 Å². The lowest BCUT2D eigenvalue weighted by atomic mass is 9.78. The number of hydrogen-bond acceptors (Lipinski definition) is 6. The fraction of sp³-hybridized carbons (Fsp3) is 0.579. The second-order valence-electron chi connectivity index (χ2n) is 15.0. The minimum Gasteiger partial charge on any atom is -0.496 e. The van der Waals surface area contributed by atoms with Gasteiger partial charge in [-0.25, -0.2) is 4.98 Å². The predicted octanol–water partition coefficient (Wildman–Crippen LogP) is 10.0. The summed E-state index contributed by atoms with van der Waals surface area (Å²) in [5.74, 6) is 2.30. The summed E-state index contributed by atoms with van der Waals surface area (Å²) in [5.41, 5.74) is 4.67. The Hall–Kier alpha value is -2.68. The van der Waals surface area contributed by atoms with E-state index < -0.39 is 8.32 Å². The lowest BCUT2D eigenvalue weighted by molar-refractivity contribution is -0.124. The number of methoxy groups -OCH3 is 2. The number of aromatic nitrogens is 1. The highest BCUT2D eigenvalue weighted by atomic mass is 32.1. The number of anilines is 1. The molecule has 0 aliphatic heterocycles. The average molecular weight is 663 g/mol. The molecule has 1 amide bonds. The fourth-order valence-electron chi connectivity index (χ4n) is 6.97.